The number of fused-ring (bicyclic) bond motifs is 18. The molecule has 0 atom stereocenters. The Kier molecular flexibility index (Phi) is 13.7. The highest BCUT2D eigenvalue weighted by Crippen LogP contribution is 2.55. The third-order valence-electron chi connectivity index (χ3n) is 21.8. The Morgan fingerprint density at radius 2 is 0.660 bits per heavy atom. The fraction of sp³-hybridized carbons (Fsp3) is 0. The van der Waals surface area contributed by atoms with E-state index < -0.39 is 0 Å². The van der Waals surface area contributed by atoms with Crippen molar-refractivity contribution in [1.29, 1.82) is 0 Å². The van der Waals surface area contributed by atoms with Crippen LogP contribution in [0.25, 0.3) is 183 Å². The average Bonchev–Trinajstić information content (AvgIpc) is 0.799. The molecule has 6 heteroatoms. The van der Waals surface area contributed by atoms with Crippen molar-refractivity contribution in [3.63, 3.8) is 0 Å². The monoisotopic (exact) mass is 1380 g/mol. The molecular weight excluding hydrogens is 1330 g/mol. The third kappa shape index (κ3) is 9.45. The van der Waals surface area contributed by atoms with E-state index in [0.717, 1.165) is 122 Å². The summed E-state index contributed by atoms with van der Waals surface area (Å²) in [5, 5.41) is 18.9. The second kappa shape index (κ2) is 24.1. The van der Waals surface area contributed by atoms with Gasteiger partial charge in [0, 0.05) is 101 Å². The predicted octanol–water partition coefficient (Wildman–Crippen LogP) is 30.1. The summed E-state index contributed by atoms with van der Waals surface area (Å²) in [4.78, 5) is 5.03. The second-order valence-corrected chi connectivity index (χ2v) is 29.8. The molecule has 0 radical (unpaired) electrons. The summed E-state index contributed by atoms with van der Waals surface area (Å²) < 4.78 is 18.4. The lowest BCUT2D eigenvalue weighted by atomic mass is 9.88. The zero-order valence-corrected chi connectivity index (χ0v) is 58.8. The second-order valence-electron chi connectivity index (χ2n) is 27.6. The summed E-state index contributed by atoms with van der Waals surface area (Å²) in [6, 6.07) is 134. The standard InChI is InChI=1S/C100H60N2O2S2/c1-2-22-63(23-3-1)94-80-32-8-4-26-72(80)74-28-6-10-34-82(74)97(94)101(67-51-46-61(47-52-67)70-37-19-39-84-76-30-12-15-42-88(76)104-99(70)84)69-55-57-79-78-56-50-65(59-92(78)105-93(79)60-69)64-24-18-25-66(58-64)95-81-33-9-5-27-73(81)75-29-7-11-35-83(75)98(95)102(87-41-21-44-90-96(87)86-36-13-16-43-89(86)103-90)68-53-48-62(49-54-68)71-38-20-40-85-77-31-14-17-45-91(77)106-100(71)85/h1-60H. The lowest BCUT2D eigenvalue weighted by Crippen LogP contribution is -2.13. The molecule has 0 spiro atoms. The molecule has 0 saturated carbocycles. The quantitative estimate of drug-likeness (QED) is 0.121. The number of anilines is 6. The Balaban J connectivity index is 0.708. The lowest BCUT2D eigenvalue weighted by molar-refractivity contribution is 0.669. The molecule has 4 heterocycles. The van der Waals surface area contributed by atoms with E-state index in [1.54, 1.807) is 0 Å². The highest BCUT2D eigenvalue weighted by atomic mass is 32.1. The number of nitrogens with zero attached hydrogens (tertiary/aromatic N) is 2. The molecule has 0 N–H and O–H groups in total. The number of thiophene rings is 2. The summed E-state index contributed by atoms with van der Waals surface area (Å²) in [6.45, 7) is 0. The molecule has 106 heavy (non-hydrogen) atoms. The number of para-hydroxylation sites is 3. The normalized spacial score (nSPS) is 12.0. The lowest BCUT2D eigenvalue weighted by Gasteiger charge is -2.31. The van der Waals surface area contributed by atoms with Crippen LogP contribution in [-0.2, 0) is 0 Å². The van der Waals surface area contributed by atoms with Gasteiger partial charge in [0.2, 0.25) is 0 Å². The molecule has 4 aromatic heterocycles. The van der Waals surface area contributed by atoms with Crippen molar-refractivity contribution >= 4 is 184 Å². The summed E-state index contributed by atoms with van der Waals surface area (Å²) in [5.74, 6) is 0. The van der Waals surface area contributed by atoms with E-state index in [1.165, 1.54) is 94.7 Å². The third-order valence-corrected chi connectivity index (χ3v) is 24.2. The van der Waals surface area contributed by atoms with Crippen LogP contribution in [0.15, 0.2) is 373 Å². The van der Waals surface area contributed by atoms with Crippen molar-refractivity contribution in [3.8, 4) is 55.6 Å². The number of rotatable bonds is 11. The van der Waals surface area contributed by atoms with E-state index in [1.807, 2.05) is 28.7 Å². The van der Waals surface area contributed by atoms with Gasteiger partial charge in [-0.3, -0.25) is 0 Å². The van der Waals surface area contributed by atoms with Gasteiger partial charge in [-0.15, -0.1) is 22.7 Å². The minimum absolute atomic E-state index is 0.839. The van der Waals surface area contributed by atoms with E-state index in [0.29, 0.717) is 0 Å². The van der Waals surface area contributed by atoms with Crippen molar-refractivity contribution in [2.45, 2.75) is 0 Å². The maximum Gasteiger partial charge on any atom is 0.143 e. The van der Waals surface area contributed by atoms with Gasteiger partial charge in [0.05, 0.1) is 22.4 Å². The van der Waals surface area contributed by atoms with Crippen LogP contribution in [0, 0.1) is 0 Å². The van der Waals surface area contributed by atoms with Gasteiger partial charge in [-0.05, 0) is 150 Å². The van der Waals surface area contributed by atoms with Gasteiger partial charge in [-0.2, -0.15) is 0 Å². The Labute approximate surface area is 618 Å². The first-order valence-electron chi connectivity index (χ1n) is 36.1. The first-order valence-corrected chi connectivity index (χ1v) is 37.7. The maximum atomic E-state index is 6.75. The Morgan fingerprint density at radius 1 is 0.217 bits per heavy atom. The number of hydrogen-bond acceptors (Lipinski definition) is 6. The molecule has 4 nitrogen and oxygen atoms in total. The van der Waals surface area contributed by atoms with Gasteiger partial charge in [0.15, 0.2) is 0 Å². The van der Waals surface area contributed by atoms with Crippen molar-refractivity contribution in [3.05, 3.63) is 364 Å². The molecule has 0 aliphatic carbocycles. The van der Waals surface area contributed by atoms with E-state index in [-0.39, 0.29) is 0 Å². The number of benzene rings is 18. The molecular formula is C100H60N2O2S2. The molecule has 0 aliphatic heterocycles. The van der Waals surface area contributed by atoms with Gasteiger partial charge >= 0.3 is 0 Å². The van der Waals surface area contributed by atoms with Crippen LogP contribution in [0.4, 0.5) is 34.1 Å². The van der Waals surface area contributed by atoms with Crippen molar-refractivity contribution in [2.75, 3.05) is 9.80 Å². The summed E-state index contributed by atoms with van der Waals surface area (Å²) in [5.41, 5.74) is 21.3. The van der Waals surface area contributed by atoms with Crippen LogP contribution >= 0.6 is 22.7 Å². The van der Waals surface area contributed by atoms with Gasteiger partial charge < -0.3 is 18.6 Å². The Bertz CT molecular complexity index is 7340. The molecule has 0 saturated heterocycles. The van der Waals surface area contributed by atoms with Crippen molar-refractivity contribution in [2.24, 2.45) is 0 Å². The molecule has 18 aromatic carbocycles. The highest BCUT2D eigenvalue weighted by Gasteiger charge is 2.29. The molecule has 0 unspecified atom stereocenters. The van der Waals surface area contributed by atoms with E-state index in [2.05, 4.69) is 368 Å². The Morgan fingerprint density at radius 3 is 1.37 bits per heavy atom. The van der Waals surface area contributed by atoms with Gasteiger partial charge in [0.1, 0.15) is 22.3 Å². The van der Waals surface area contributed by atoms with Crippen molar-refractivity contribution < 1.29 is 8.83 Å². The van der Waals surface area contributed by atoms with Crippen LogP contribution in [0.1, 0.15) is 0 Å². The van der Waals surface area contributed by atoms with Crippen LogP contribution in [-0.4, -0.2) is 0 Å². The molecule has 0 bridgehead atoms. The number of furan rings is 2. The summed E-state index contributed by atoms with van der Waals surface area (Å²) >= 11 is 3.73. The van der Waals surface area contributed by atoms with E-state index in [9.17, 15) is 0 Å². The molecule has 0 amide bonds. The summed E-state index contributed by atoms with van der Waals surface area (Å²) in [7, 11) is 0. The largest absolute Gasteiger partial charge is 0.456 e. The molecule has 494 valence electrons. The fourth-order valence-electron chi connectivity index (χ4n) is 17.1. The van der Waals surface area contributed by atoms with Gasteiger partial charge in [-0.1, -0.05) is 285 Å². The Hall–Kier alpha value is -13.4. The summed E-state index contributed by atoms with van der Waals surface area (Å²) in [6.07, 6.45) is 0. The first kappa shape index (κ1) is 60.2. The molecule has 22 rings (SSSR count). The highest BCUT2D eigenvalue weighted by molar-refractivity contribution is 7.26. The number of hydrogen-bond donors (Lipinski definition) is 0. The molecule has 0 fully saturated rings. The predicted molar refractivity (Wildman–Crippen MR) is 453 cm³/mol. The van der Waals surface area contributed by atoms with Gasteiger partial charge in [0.25, 0.3) is 0 Å². The van der Waals surface area contributed by atoms with Crippen LogP contribution in [0.3, 0.4) is 0 Å². The minimum Gasteiger partial charge on any atom is -0.456 e. The molecule has 0 aliphatic rings. The fourth-order valence-corrected chi connectivity index (χ4v) is 19.5. The topological polar surface area (TPSA) is 32.8 Å². The maximum absolute atomic E-state index is 6.75. The van der Waals surface area contributed by atoms with E-state index in [4.69, 9.17) is 8.83 Å². The zero-order chi connectivity index (χ0) is 69.5. The smallest absolute Gasteiger partial charge is 0.143 e. The van der Waals surface area contributed by atoms with Crippen LogP contribution in [0.2, 0.25) is 0 Å². The van der Waals surface area contributed by atoms with Crippen molar-refractivity contribution in [1.82, 2.24) is 0 Å². The molecule has 22 aromatic rings. The van der Waals surface area contributed by atoms with Gasteiger partial charge in [-0.25, -0.2) is 0 Å². The minimum atomic E-state index is 0.839. The average molecular weight is 1390 g/mol. The van der Waals surface area contributed by atoms with E-state index >= 15 is 0 Å². The zero-order valence-electron chi connectivity index (χ0n) is 57.2. The van der Waals surface area contributed by atoms with Crippen LogP contribution in [0.5, 0.6) is 0 Å². The SMILES string of the molecule is c1ccc(-c2c(N(c3ccc(-c4cccc5c4oc4ccccc45)cc3)c3ccc4c(c3)sc3cc(-c5cccc(-c6c(N(c7ccc(-c8cccc9c8sc8ccccc89)cc7)c7cccc8oc9ccccc9c78)c7ccccc7c7ccccc67)c5)ccc34)c3ccccc3c3ccccc23)cc1. The first-order chi connectivity index (χ1) is 52.6. The van der Waals surface area contributed by atoms with Crippen LogP contribution < -0.4 is 9.80 Å².